The Morgan fingerprint density at radius 2 is 1.64 bits per heavy atom. The predicted molar refractivity (Wildman–Crippen MR) is 156 cm³/mol. The van der Waals surface area contributed by atoms with Gasteiger partial charge in [-0.25, -0.2) is 0 Å². The summed E-state index contributed by atoms with van der Waals surface area (Å²) in [6.07, 6.45) is 9.99. The smallest absolute Gasteiger partial charge is 0.243 e. The zero-order chi connectivity index (χ0) is 27.0. The Bertz CT molecular complexity index is 1240. The van der Waals surface area contributed by atoms with Crippen LogP contribution in [0.4, 0.5) is 0 Å². The number of carbonyl (C=O) groups is 2. The van der Waals surface area contributed by atoms with E-state index in [1.165, 1.54) is 37.7 Å². The van der Waals surface area contributed by atoms with Crippen LogP contribution in [0.15, 0.2) is 54.7 Å². The number of para-hydroxylation sites is 1. The summed E-state index contributed by atoms with van der Waals surface area (Å²) in [6, 6.07) is 16.3. The van der Waals surface area contributed by atoms with Gasteiger partial charge in [0.1, 0.15) is 6.04 Å². The van der Waals surface area contributed by atoms with E-state index in [2.05, 4.69) is 50.5 Å². The van der Waals surface area contributed by atoms with Gasteiger partial charge in [-0.05, 0) is 42.0 Å². The van der Waals surface area contributed by atoms with Gasteiger partial charge >= 0.3 is 0 Å². The number of hydrogen-bond acceptors (Lipinski definition) is 4. The second kappa shape index (κ2) is 13.3. The highest BCUT2D eigenvalue weighted by Crippen LogP contribution is 2.23. The van der Waals surface area contributed by atoms with Crippen molar-refractivity contribution in [3.8, 4) is 0 Å². The monoisotopic (exact) mass is 529 g/mol. The Labute approximate surface area is 232 Å². The number of nitrogens with zero attached hydrogens (tertiary/aromatic N) is 2. The van der Waals surface area contributed by atoms with Crippen molar-refractivity contribution >= 4 is 22.7 Å². The first-order valence-electron chi connectivity index (χ1n) is 14.8. The number of nitrogens with one attached hydrogen (secondary N) is 3. The minimum Gasteiger partial charge on any atom is -0.361 e. The third-order valence-electron chi connectivity index (χ3n) is 8.57. The van der Waals surface area contributed by atoms with Gasteiger partial charge in [-0.2, -0.15) is 0 Å². The van der Waals surface area contributed by atoms with Gasteiger partial charge in [-0.15, -0.1) is 0 Å². The summed E-state index contributed by atoms with van der Waals surface area (Å²) in [5, 5.41) is 7.27. The van der Waals surface area contributed by atoms with Crippen LogP contribution in [0.3, 0.4) is 0 Å². The van der Waals surface area contributed by atoms with Gasteiger partial charge in [0, 0.05) is 62.3 Å². The molecule has 1 saturated heterocycles. The average molecular weight is 530 g/mol. The number of piperazine rings is 1. The molecule has 1 aliphatic heterocycles. The molecule has 39 heavy (non-hydrogen) atoms. The van der Waals surface area contributed by atoms with Gasteiger partial charge in [-0.1, -0.05) is 68.7 Å². The fraction of sp³-hybridized carbons (Fsp3) is 0.500. The molecule has 1 saturated carbocycles. The first kappa shape index (κ1) is 27.4. The van der Waals surface area contributed by atoms with Crippen molar-refractivity contribution < 1.29 is 9.59 Å². The number of H-pyrrole nitrogens is 1. The molecule has 1 aromatic heterocycles. The van der Waals surface area contributed by atoms with Gasteiger partial charge in [0.25, 0.3) is 0 Å². The molecular weight excluding hydrogens is 486 g/mol. The van der Waals surface area contributed by atoms with Gasteiger partial charge in [-0.3, -0.25) is 19.4 Å². The minimum atomic E-state index is -0.644. The zero-order valence-corrected chi connectivity index (χ0v) is 23.3. The van der Waals surface area contributed by atoms with Crippen molar-refractivity contribution in [2.24, 2.45) is 0 Å². The molecule has 7 heteroatoms. The van der Waals surface area contributed by atoms with Crippen LogP contribution < -0.4 is 10.6 Å². The Hall–Kier alpha value is -3.16. The van der Waals surface area contributed by atoms with Gasteiger partial charge in [0.2, 0.25) is 11.8 Å². The molecule has 2 aromatic carbocycles. The molecule has 3 aromatic rings. The summed E-state index contributed by atoms with van der Waals surface area (Å²) in [4.78, 5) is 34.8. The highest BCUT2D eigenvalue weighted by Gasteiger charge is 2.27. The molecule has 1 aliphatic carbocycles. The molecule has 2 heterocycles. The molecular formula is C32H43N5O2. The topological polar surface area (TPSA) is 80.5 Å². The summed E-state index contributed by atoms with van der Waals surface area (Å²) in [6.45, 7) is 6.74. The molecule has 208 valence electrons. The molecule has 0 bridgehead atoms. The Balaban J connectivity index is 1.21. The van der Waals surface area contributed by atoms with Crippen LogP contribution in [-0.4, -0.2) is 71.4 Å². The number of amides is 2. The molecule has 7 nitrogen and oxygen atoms in total. The van der Waals surface area contributed by atoms with Crippen molar-refractivity contribution in [1.82, 2.24) is 25.4 Å². The van der Waals surface area contributed by atoms with Crippen LogP contribution in [0.25, 0.3) is 10.9 Å². The van der Waals surface area contributed by atoms with Gasteiger partial charge < -0.3 is 15.6 Å². The van der Waals surface area contributed by atoms with Crippen LogP contribution in [0.2, 0.25) is 0 Å². The lowest BCUT2D eigenvalue weighted by atomic mass is 9.94. The van der Waals surface area contributed by atoms with Gasteiger partial charge in [0.15, 0.2) is 0 Å². The summed E-state index contributed by atoms with van der Waals surface area (Å²) in [5.74, 6) is -0.239. The van der Waals surface area contributed by atoms with Crippen LogP contribution in [0, 0.1) is 0 Å². The first-order chi connectivity index (χ1) is 19.1. The standard InChI is InChI=1S/C32H43N5O2/c1-2-24-10-6-7-11-25(24)21-34-32(39)30(20-26-22-33-29-15-9-8-14-28(26)29)35-31(38)23-36-16-18-37(19-17-36)27-12-4-3-5-13-27/h6-11,14-15,22,27,30,33H,2-5,12-13,16-21,23H2,1H3,(H,34,39)(H,35,38). The van der Waals surface area contributed by atoms with E-state index in [-0.39, 0.29) is 11.8 Å². The molecule has 2 amide bonds. The Morgan fingerprint density at radius 1 is 0.923 bits per heavy atom. The maximum atomic E-state index is 13.5. The SMILES string of the molecule is CCc1ccccc1CNC(=O)C(Cc1c[nH]c2ccccc12)NC(=O)CN1CCN(C2CCCCC2)CC1. The lowest BCUT2D eigenvalue weighted by molar-refractivity contribution is -0.129. The Kier molecular flexibility index (Phi) is 9.32. The predicted octanol–water partition coefficient (Wildman–Crippen LogP) is 4.02. The van der Waals surface area contributed by atoms with E-state index < -0.39 is 6.04 Å². The van der Waals surface area contributed by atoms with Crippen LogP contribution in [0.1, 0.15) is 55.7 Å². The number of aryl methyl sites for hydroxylation is 1. The molecule has 3 N–H and O–H groups in total. The molecule has 1 unspecified atom stereocenters. The number of aromatic nitrogens is 1. The highest BCUT2D eigenvalue weighted by molar-refractivity contribution is 5.90. The Morgan fingerprint density at radius 3 is 2.41 bits per heavy atom. The van der Waals surface area contributed by atoms with E-state index in [1.807, 2.05) is 36.5 Å². The second-order valence-corrected chi connectivity index (χ2v) is 11.1. The number of fused-ring (bicyclic) bond motifs is 1. The van der Waals surface area contributed by atoms with Crippen LogP contribution >= 0.6 is 0 Å². The van der Waals surface area contributed by atoms with Crippen molar-refractivity contribution in [2.75, 3.05) is 32.7 Å². The third kappa shape index (κ3) is 7.08. The van der Waals surface area contributed by atoms with Crippen molar-refractivity contribution in [1.29, 1.82) is 0 Å². The average Bonchev–Trinajstić information content (AvgIpc) is 3.39. The molecule has 1 atom stereocenters. The lowest BCUT2D eigenvalue weighted by Crippen LogP contribution is -2.54. The van der Waals surface area contributed by atoms with E-state index >= 15 is 0 Å². The van der Waals surface area contributed by atoms with Gasteiger partial charge in [0.05, 0.1) is 6.54 Å². The normalized spacial score (nSPS) is 18.2. The number of aromatic amines is 1. The highest BCUT2D eigenvalue weighted by atomic mass is 16.2. The van der Waals surface area contributed by atoms with Crippen molar-refractivity contribution in [3.05, 3.63) is 71.4 Å². The number of rotatable bonds is 10. The molecule has 5 rings (SSSR count). The number of benzene rings is 2. The summed E-state index contributed by atoms with van der Waals surface area (Å²) in [5.41, 5.74) is 4.40. The van der Waals surface area contributed by atoms with Crippen molar-refractivity contribution in [2.45, 2.75) is 70.5 Å². The molecule has 2 aliphatic rings. The van der Waals surface area contributed by atoms with Crippen LogP contribution in [0.5, 0.6) is 0 Å². The lowest BCUT2D eigenvalue weighted by Gasteiger charge is -2.40. The quantitative estimate of drug-likeness (QED) is 0.371. The number of hydrogen-bond donors (Lipinski definition) is 3. The fourth-order valence-corrected chi connectivity index (χ4v) is 6.29. The number of carbonyl (C=O) groups excluding carboxylic acids is 2. The van der Waals surface area contributed by atoms with Crippen LogP contribution in [-0.2, 0) is 29.0 Å². The maximum Gasteiger partial charge on any atom is 0.243 e. The van der Waals surface area contributed by atoms with E-state index in [4.69, 9.17) is 0 Å². The van der Waals surface area contributed by atoms with E-state index in [0.717, 1.165) is 60.7 Å². The van der Waals surface area contributed by atoms with E-state index in [9.17, 15) is 9.59 Å². The fourth-order valence-electron chi connectivity index (χ4n) is 6.29. The third-order valence-corrected chi connectivity index (χ3v) is 8.57. The maximum absolute atomic E-state index is 13.5. The largest absolute Gasteiger partial charge is 0.361 e. The van der Waals surface area contributed by atoms with E-state index in [1.54, 1.807) is 0 Å². The molecule has 2 fully saturated rings. The van der Waals surface area contributed by atoms with E-state index in [0.29, 0.717) is 19.5 Å². The summed E-state index contributed by atoms with van der Waals surface area (Å²) in [7, 11) is 0. The second-order valence-electron chi connectivity index (χ2n) is 11.1. The zero-order valence-electron chi connectivity index (χ0n) is 23.3. The summed E-state index contributed by atoms with van der Waals surface area (Å²) < 4.78 is 0. The summed E-state index contributed by atoms with van der Waals surface area (Å²) >= 11 is 0. The first-order valence-corrected chi connectivity index (χ1v) is 14.8. The molecule has 0 spiro atoms. The minimum absolute atomic E-state index is 0.0879. The molecule has 0 radical (unpaired) electrons. The van der Waals surface area contributed by atoms with Crippen molar-refractivity contribution in [3.63, 3.8) is 0 Å².